The third-order valence-electron chi connectivity index (χ3n) is 4.54. The SMILES string of the molecule is COc1ccc(N2CCN(C(=O)CCCn3cccc3)CC2)cc1. The number of hydrogen-bond acceptors (Lipinski definition) is 3. The van der Waals surface area contributed by atoms with Crippen LogP contribution < -0.4 is 9.64 Å². The van der Waals surface area contributed by atoms with E-state index < -0.39 is 0 Å². The Bertz CT molecular complexity index is 629. The normalized spacial score (nSPS) is 14.7. The molecular formula is C19H25N3O2. The Balaban J connectivity index is 1.43. The molecule has 1 aromatic heterocycles. The van der Waals surface area contributed by atoms with Crippen LogP contribution in [-0.2, 0) is 11.3 Å². The fourth-order valence-electron chi connectivity index (χ4n) is 3.10. The van der Waals surface area contributed by atoms with Crippen molar-refractivity contribution in [2.75, 3.05) is 38.2 Å². The summed E-state index contributed by atoms with van der Waals surface area (Å²) >= 11 is 0. The molecule has 0 saturated carbocycles. The predicted octanol–water partition coefficient (Wildman–Crippen LogP) is 2.63. The lowest BCUT2D eigenvalue weighted by Crippen LogP contribution is -2.48. The van der Waals surface area contributed by atoms with Gasteiger partial charge in [0.2, 0.25) is 5.91 Å². The van der Waals surface area contributed by atoms with Crippen LogP contribution in [0.15, 0.2) is 48.8 Å². The van der Waals surface area contributed by atoms with E-state index in [0.717, 1.165) is 44.9 Å². The molecule has 0 radical (unpaired) electrons. The average Bonchev–Trinajstić information content (AvgIpc) is 3.15. The number of benzene rings is 1. The Labute approximate surface area is 143 Å². The Hall–Kier alpha value is -2.43. The number of piperazine rings is 1. The number of aryl methyl sites for hydroxylation is 1. The highest BCUT2D eigenvalue weighted by Crippen LogP contribution is 2.20. The maximum atomic E-state index is 12.3. The first-order valence-electron chi connectivity index (χ1n) is 8.54. The van der Waals surface area contributed by atoms with Gasteiger partial charge in [0.1, 0.15) is 5.75 Å². The molecule has 0 N–H and O–H groups in total. The lowest BCUT2D eigenvalue weighted by atomic mass is 10.2. The Morgan fingerprint density at radius 2 is 1.71 bits per heavy atom. The molecule has 0 aliphatic carbocycles. The van der Waals surface area contributed by atoms with Crippen molar-refractivity contribution in [2.24, 2.45) is 0 Å². The van der Waals surface area contributed by atoms with E-state index in [-0.39, 0.29) is 5.91 Å². The first kappa shape index (κ1) is 16.4. The van der Waals surface area contributed by atoms with Gasteiger partial charge in [0.15, 0.2) is 0 Å². The van der Waals surface area contributed by atoms with E-state index in [1.807, 2.05) is 41.6 Å². The van der Waals surface area contributed by atoms with Crippen molar-refractivity contribution >= 4 is 11.6 Å². The molecule has 1 aliphatic heterocycles. The van der Waals surface area contributed by atoms with E-state index in [1.54, 1.807) is 7.11 Å². The molecular weight excluding hydrogens is 302 g/mol. The number of methoxy groups -OCH3 is 1. The number of carbonyl (C=O) groups is 1. The summed E-state index contributed by atoms with van der Waals surface area (Å²) in [5, 5.41) is 0. The molecule has 128 valence electrons. The molecule has 1 aliphatic rings. The average molecular weight is 327 g/mol. The second kappa shape index (κ2) is 7.90. The summed E-state index contributed by atoms with van der Waals surface area (Å²) in [6, 6.07) is 12.1. The minimum absolute atomic E-state index is 0.275. The van der Waals surface area contributed by atoms with Gasteiger partial charge in [-0.15, -0.1) is 0 Å². The fraction of sp³-hybridized carbons (Fsp3) is 0.421. The number of aromatic nitrogens is 1. The maximum absolute atomic E-state index is 12.3. The molecule has 24 heavy (non-hydrogen) atoms. The monoisotopic (exact) mass is 327 g/mol. The molecule has 2 heterocycles. The summed E-state index contributed by atoms with van der Waals surface area (Å²) in [5.74, 6) is 1.15. The van der Waals surface area contributed by atoms with Gasteiger partial charge in [-0.3, -0.25) is 4.79 Å². The summed E-state index contributed by atoms with van der Waals surface area (Å²) in [5.41, 5.74) is 1.19. The van der Waals surface area contributed by atoms with Crippen molar-refractivity contribution in [2.45, 2.75) is 19.4 Å². The van der Waals surface area contributed by atoms with E-state index in [4.69, 9.17) is 4.74 Å². The maximum Gasteiger partial charge on any atom is 0.222 e. The first-order chi connectivity index (χ1) is 11.8. The summed E-state index contributed by atoms with van der Waals surface area (Å²) in [4.78, 5) is 16.7. The molecule has 0 bridgehead atoms. The Morgan fingerprint density at radius 1 is 1.04 bits per heavy atom. The van der Waals surface area contributed by atoms with E-state index in [1.165, 1.54) is 5.69 Å². The minimum Gasteiger partial charge on any atom is -0.497 e. The molecule has 5 nitrogen and oxygen atoms in total. The predicted molar refractivity (Wildman–Crippen MR) is 95.5 cm³/mol. The third kappa shape index (κ3) is 4.10. The lowest BCUT2D eigenvalue weighted by Gasteiger charge is -2.36. The molecule has 0 unspecified atom stereocenters. The van der Waals surface area contributed by atoms with E-state index in [9.17, 15) is 4.79 Å². The van der Waals surface area contributed by atoms with Gasteiger partial charge in [0.05, 0.1) is 7.11 Å². The molecule has 2 aromatic rings. The van der Waals surface area contributed by atoms with Gasteiger partial charge in [-0.2, -0.15) is 0 Å². The molecule has 1 fully saturated rings. The number of carbonyl (C=O) groups excluding carboxylic acids is 1. The van der Waals surface area contributed by atoms with E-state index in [2.05, 4.69) is 21.6 Å². The number of hydrogen-bond donors (Lipinski definition) is 0. The highest BCUT2D eigenvalue weighted by Gasteiger charge is 2.20. The molecule has 3 rings (SSSR count). The van der Waals surface area contributed by atoms with E-state index in [0.29, 0.717) is 6.42 Å². The van der Waals surface area contributed by atoms with Gasteiger partial charge in [0.25, 0.3) is 0 Å². The zero-order chi connectivity index (χ0) is 16.8. The number of anilines is 1. The molecule has 0 atom stereocenters. The van der Waals surface area contributed by atoms with Crippen LogP contribution >= 0.6 is 0 Å². The van der Waals surface area contributed by atoms with Gasteiger partial charge >= 0.3 is 0 Å². The summed E-state index contributed by atoms with van der Waals surface area (Å²) in [7, 11) is 1.68. The topological polar surface area (TPSA) is 37.7 Å². The van der Waals surface area contributed by atoms with E-state index >= 15 is 0 Å². The first-order valence-corrected chi connectivity index (χ1v) is 8.54. The van der Waals surface area contributed by atoms with Gasteiger partial charge in [-0.25, -0.2) is 0 Å². The van der Waals surface area contributed by atoms with Crippen molar-refractivity contribution in [3.63, 3.8) is 0 Å². The van der Waals surface area contributed by atoms with Crippen LogP contribution in [-0.4, -0.2) is 48.7 Å². The van der Waals surface area contributed by atoms with Crippen molar-refractivity contribution in [3.8, 4) is 5.75 Å². The Morgan fingerprint density at radius 3 is 2.33 bits per heavy atom. The van der Waals surface area contributed by atoms with Crippen molar-refractivity contribution < 1.29 is 9.53 Å². The summed E-state index contributed by atoms with van der Waals surface area (Å²) < 4.78 is 7.32. The van der Waals surface area contributed by atoms with Crippen molar-refractivity contribution in [1.82, 2.24) is 9.47 Å². The van der Waals surface area contributed by atoms with Crippen molar-refractivity contribution in [3.05, 3.63) is 48.8 Å². The molecule has 1 saturated heterocycles. The van der Waals surface area contributed by atoms with Gasteiger partial charge < -0.3 is 19.1 Å². The van der Waals surface area contributed by atoms with Crippen molar-refractivity contribution in [1.29, 1.82) is 0 Å². The molecule has 5 heteroatoms. The summed E-state index contributed by atoms with van der Waals surface area (Å²) in [6.07, 6.45) is 5.60. The standard InChI is InChI=1S/C19H25N3O2/c1-24-18-8-6-17(7-9-18)21-13-15-22(16-14-21)19(23)5-4-12-20-10-2-3-11-20/h2-3,6-11H,4-5,12-16H2,1H3. The van der Waals surface area contributed by atoms with Crippen LogP contribution in [0.2, 0.25) is 0 Å². The largest absolute Gasteiger partial charge is 0.497 e. The van der Waals surface area contributed by atoms with Crippen LogP contribution in [0.1, 0.15) is 12.8 Å². The number of rotatable bonds is 6. The molecule has 0 spiro atoms. The second-order valence-corrected chi connectivity index (χ2v) is 6.09. The zero-order valence-corrected chi connectivity index (χ0v) is 14.2. The number of amides is 1. The van der Waals surface area contributed by atoms with Crippen LogP contribution in [0.4, 0.5) is 5.69 Å². The number of ether oxygens (including phenoxy) is 1. The minimum atomic E-state index is 0.275. The lowest BCUT2D eigenvalue weighted by molar-refractivity contribution is -0.131. The third-order valence-corrected chi connectivity index (χ3v) is 4.54. The number of nitrogens with zero attached hydrogens (tertiary/aromatic N) is 3. The smallest absolute Gasteiger partial charge is 0.222 e. The molecule has 1 amide bonds. The van der Waals surface area contributed by atoms with Gasteiger partial charge in [-0.1, -0.05) is 0 Å². The highest BCUT2D eigenvalue weighted by atomic mass is 16.5. The highest BCUT2D eigenvalue weighted by molar-refractivity contribution is 5.76. The van der Waals surface area contributed by atoms with Crippen LogP contribution in [0.3, 0.4) is 0 Å². The Kier molecular flexibility index (Phi) is 5.41. The quantitative estimate of drug-likeness (QED) is 0.818. The van der Waals surface area contributed by atoms with Crippen LogP contribution in [0.25, 0.3) is 0 Å². The van der Waals surface area contributed by atoms with Crippen LogP contribution in [0.5, 0.6) is 5.75 Å². The van der Waals surface area contributed by atoms with Crippen LogP contribution in [0, 0.1) is 0 Å². The fourth-order valence-corrected chi connectivity index (χ4v) is 3.10. The second-order valence-electron chi connectivity index (χ2n) is 6.09. The zero-order valence-electron chi connectivity index (χ0n) is 14.2. The van der Waals surface area contributed by atoms with Gasteiger partial charge in [0, 0.05) is 57.2 Å². The summed E-state index contributed by atoms with van der Waals surface area (Å²) in [6.45, 7) is 4.28. The molecule has 1 aromatic carbocycles. The van der Waals surface area contributed by atoms with Gasteiger partial charge in [-0.05, 0) is 42.8 Å².